The van der Waals surface area contributed by atoms with Crippen LogP contribution in [-0.4, -0.2) is 26.4 Å². The van der Waals surface area contributed by atoms with E-state index in [-0.39, 0.29) is 17.2 Å². The van der Waals surface area contributed by atoms with Crippen molar-refractivity contribution in [3.8, 4) is 0 Å². The standard InChI is InChI=1S/C18H20N4O2S/c1-11(23)21-10-19-15-17(21)25-16(20-22(15)12(2)24)13-6-8-14(9-7-13)18(3,4)5/h6-10H,1-5H3. The molecule has 0 saturated carbocycles. The fraction of sp³-hybridized carbons (Fsp3) is 0.333. The normalized spacial score (nSPS) is 14.1. The maximum atomic E-state index is 12.0. The van der Waals surface area contributed by atoms with Gasteiger partial charge in [0.1, 0.15) is 16.4 Å². The van der Waals surface area contributed by atoms with E-state index in [0.717, 1.165) is 5.56 Å². The van der Waals surface area contributed by atoms with Gasteiger partial charge in [-0.05, 0) is 22.7 Å². The number of benzene rings is 1. The van der Waals surface area contributed by atoms with E-state index in [0.29, 0.717) is 15.9 Å². The number of amides is 1. The van der Waals surface area contributed by atoms with Gasteiger partial charge in [-0.1, -0.05) is 45.0 Å². The molecule has 0 radical (unpaired) electrons. The number of fused-ring (bicyclic) bond motifs is 1. The number of thioether (sulfide) groups is 1. The Morgan fingerprint density at radius 3 is 2.20 bits per heavy atom. The molecule has 1 aliphatic heterocycles. The third-order valence-electron chi connectivity index (χ3n) is 3.93. The van der Waals surface area contributed by atoms with Crippen LogP contribution in [0.1, 0.15) is 50.5 Å². The molecule has 0 bridgehead atoms. The van der Waals surface area contributed by atoms with Crippen LogP contribution in [0.25, 0.3) is 0 Å². The Kier molecular flexibility index (Phi) is 4.28. The lowest BCUT2D eigenvalue weighted by atomic mass is 9.87. The van der Waals surface area contributed by atoms with Gasteiger partial charge in [0, 0.05) is 19.4 Å². The van der Waals surface area contributed by atoms with Crippen LogP contribution in [0.2, 0.25) is 0 Å². The minimum Gasteiger partial charge on any atom is -0.274 e. The fourth-order valence-electron chi connectivity index (χ4n) is 2.49. The lowest BCUT2D eigenvalue weighted by molar-refractivity contribution is -0.116. The van der Waals surface area contributed by atoms with Crippen molar-refractivity contribution in [2.45, 2.75) is 45.1 Å². The highest BCUT2D eigenvalue weighted by molar-refractivity contribution is 8.14. The fourth-order valence-corrected chi connectivity index (χ4v) is 3.56. The zero-order valence-corrected chi connectivity index (χ0v) is 15.7. The topological polar surface area (TPSA) is 67.6 Å². The summed E-state index contributed by atoms with van der Waals surface area (Å²) in [4.78, 5) is 28.0. The highest BCUT2D eigenvalue weighted by atomic mass is 32.2. The molecule has 0 fully saturated rings. The summed E-state index contributed by atoms with van der Waals surface area (Å²) in [7, 11) is 0. The second-order valence-electron chi connectivity index (χ2n) is 6.93. The van der Waals surface area contributed by atoms with Gasteiger partial charge in [0.15, 0.2) is 5.82 Å². The van der Waals surface area contributed by atoms with Gasteiger partial charge in [0.05, 0.1) is 0 Å². The Labute approximate surface area is 150 Å². The third-order valence-corrected chi connectivity index (χ3v) is 5.01. The monoisotopic (exact) mass is 356 g/mol. The molecule has 2 heterocycles. The van der Waals surface area contributed by atoms with E-state index in [4.69, 9.17) is 0 Å². The maximum absolute atomic E-state index is 12.0. The van der Waals surface area contributed by atoms with Crippen LogP contribution in [0.15, 0.2) is 40.7 Å². The van der Waals surface area contributed by atoms with Gasteiger partial charge in [0.25, 0.3) is 0 Å². The van der Waals surface area contributed by atoms with E-state index in [9.17, 15) is 9.59 Å². The van der Waals surface area contributed by atoms with Crippen molar-refractivity contribution in [1.82, 2.24) is 9.55 Å². The third kappa shape index (κ3) is 3.24. The predicted molar refractivity (Wildman–Crippen MR) is 99.2 cm³/mol. The van der Waals surface area contributed by atoms with Crippen LogP contribution in [0.3, 0.4) is 0 Å². The van der Waals surface area contributed by atoms with Crippen LogP contribution in [0.4, 0.5) is 5.82 Å². The number of aromatic nitrogens is 2. The zero-order valence-electron chi connectivity index (χ0n) is 14.9. The molecule has 1 amide bonds. The molecule has 0 saturated heterocycles. The number of anilines is 1. The molecule has 0 atom stereocenters. The summed E-state index contributed by atoms with van der Waals surface area (Å²) in [5.74, 6) is -0.0176. The number of hydrogen-bond donors (Lipinski definition) is 0. The lowest BCUT2D eigenvalue weighted by Gasteiger charge is -2.23. The summed E-state index contributed by atoms with van der Waals surface area (Å²) in [6.45, 7) is 9.36. The Morgan fingerprint density at radius 2 is 1.68 bits per heavy atom. The smallest absolute Gasteiger partial charge is 0.245 e. The Balaban J connectivity index is 2.03. The van der Waals surface area contributed by atoms with Crippen molar-refractivity contribution in [2.75, 3.05) is 5.01 Å². The number of hydrazone groups is 1. The highest BCUT2D eigenvalue weighted by Gasteiger charge is 2.29. The summed E-state index contributed by atoms with van der Waals surface area (Å²) in [5, 5.41) is 6.94. The molecule has 3 rings (SSSR count). The molecule has 7 heteroatoms. The van der Waals surface area contributed by atoms with Gasteiger partial charge in [-0.3, -0.25) is 14.2 Å². The molecule has 0 unspecified atom stereocenters. The summed E-state index contributed by atoms with van der Waals surface area (Å²) in [6.07, 6.45) is 1.43. The number of carbonyl (C=O) groups excluding carboxylic acids is 2. The number of hydrogen-bond acceptors (Lipinski definition) is 5. The van der Waals surface area contributed by atoms with Crippen LogP contribution in [0.5, 0.6) is 0 Å². The van der Waals surface area contributed by atoms with Crippen LogP contribution in [0, 0.1) is 0 Å². The van der Waals surface area contributed by atoms with Crippen molar-refractivity contribution in [3.05, 3.63) is 41.7 Å². The van der Waals surface area contributed by atoms with Gasteiger partial charge < -0.3 is 0 Å². The molecule has 2 aromatic rings. The predicted octanol–water partition coefficient (Wildman–Crippen LogP) is 3.66. The first-order valence-corrected chi connectivity index (χ1v) is 8.76. The van der Waals surface area contributed by atoms with Crippen LogP contribution < -0.4 is 5.01 Å². The largest absolute Gasteiger partial charge is 0.274 e. The molecule has 6 nitrogen and oxygen atoms in total. The Hall–Kier alpha value is -2.41. The molecular weight excluding hydrogens is 336 g/mol. The Bertz CT molecular complexity index is 875. The second kappa shape index (κ2) is 6.15. The number of carbonyl (C=O) groups is 2. The molecule has 0 N–H and O–H groups in total. The van der Waals surface area contributed by atoms with E-state index in [1.807, 2.05) is 12.1 Å². The van der Waals surface area contributed by atoms with Gasteiger partial charge in [-0.2, -0.15) is 10.1 Å². The van der Waals surface area contributed by atoms with Crippen molar-refractivity contribution in [3.63, 3.8) is 0 Å². The van der Waals surface area contributed by atoms with Crippen molar-refractivity contribution >= 4 is 34.4 Å². The van der Waals surface area contributed by atoms with Gasteiger partial charge >= 0.3 is 0 Å². The maximum Gasteiger partial charge on any atom is 0.245 e. The summed E-state index contributed by atoms with van der Waals surface area (Å²) >= 11 is 1.34. The molecule has 1 aliphatic rings. The first-order chi connectivity index (χ1) is 11.7. The molecule has 1 aromatic carbocycles. The second-order valence-corrected chi connectivity index (χ2v) is 7.91. The van der Waals surface area contributed by atoms with E-state index in [1.54, 1.807) is 0 Å². The first-order valence-electron chi connectivity index (χ1n) is 7.95. The van der Waals surface area contributed by atoms with E-state index in [1.165, 1.54) is 47.1 Å². The molecule has 130 valence electrons. The minimum absolute atomic E-state index is 0.0614. The summed E-state index contributed by atoms with van der Waals surface area (Å²) in [6, 6.07) is 8.11. The quantitative estimate of drug-likeness (QED) is 0.782. The summed E-state index contributed by atoms with van der Waals surface area (Å²) < 4.78 is 1.44. The molecule has 0 spiro atoms. The van der Waals surface area contributed by atoms with Crippen LogP contribution in [-0.2, 0) is 10.2 Å². The van der Waals surface area contributed by atoms with E-state index in [2.05, 4.69) is 43.0 Å². The van der Waals surface area contributed by atoms with Crippen molar-refractivity contribution in [1.29, 1.82) is 0 Å². The highest BCUT2D eigenvalue weighted by Crippen LogP contribution is 2.37. The number of nitrogens with zero attached hydrogens (tertiary/aromatic N) is 4. The van der Waals surface area contributed by atoms with Crippen LogP contribution >= 0.6 is 11.8 Å². The minimum atomic E-state index is -0.251. The summed E-state index contributed by atoms with van der Waals surface area (Å²) in [5.41, 5.74) is 2.17. The molecule has 0 aliphatic carbocycles. The van der Waals surface area contributed by atoms with Crippen molar-refractivity contribution < 1.29 is 9.59 Å². The molecule has 1 aromatic heterocycles. The molecule has 25 heavy (non-hydrogen) atoms. The number of rotatable bonds is 1. The first kappa shape index (κ1) is 17.4. The van der Waals surface area contributed by atoms with Gasteiger partial charge in [-0.15, -0.1) is 0 Å². The lowest BCUT2D eigenvalue weighted by Crippen LogP contribution is -2.28. The average Bonchev–Trinajstić information content (AvgIpc) is 2.97. The SMILES string of the molecule is CC(=O)N1N=C(c2ccc(C(C)(C)C)cc2)Sc2c1ncn2C(C)=O. The average molecular weight is 356 g/mol. The van der Waals surface area contributed by atoms with Crippen molar-refractivity contribution in [2.24, 2.45) is 5.10 Å². The van der Waals surface area contributed by atoms with Gasteiger partial charge in [-0.25, -0.2) is 4.98 Å². The van der Waals surface area contributed by atoms with E-state index < -0.39 is 0 Å². The van der Waals surface area contributed by atoms with Gasteiger partial charge in [0.2, 0.25) is 11.8 Å². The zero-order chi connectivity index (χ0) is 18.4. The number of imidazole rings is 1. The Morgan fingerprint density at radius 1 is 1.04 bits per heavy atom. The molecular formula is C18H20N4O2S. The van der Waals surface area contributed by atoms with E-state index >= 15 is 0 Å².